The second-order valence-corrected chi connectivity index (χ2v) is 4.38. The maximum atomic E-state index is 9.64. The zero-order valence-electron chi connectivity index (χ0n) is 4.75. The van der Waals surface area contributed by atoms with Gasteiger partial charge in [-0.15, -0.1) is 0 Å². The predicted octanol–water partition coefficient (Wildman–Crippen LogP) is -2.80. The van der Waals surface area contributed by atoms with E-state index in [2.05, 4.69) is 0 Å². The average Bonchev–Trinajstić information content (AvgIpc) is 1.30. The van der Waals surface area contributed by atoms with E-state index < -0.39 is 9.15 Å². The largest absolute Gasteiger partial charge is 1.00 e. The second-order valence-electron chi connectivity index (χ2n) is 0.815. The zero-order valence-corrected chi connectivity index (χ0v) is 9.50. The van der Waals surface area contributed by atoms with Crippen LogP contribution in [-0.2, 0) is 9.15 Å². The summed E-state index contributed by atoms with van der Waals surface area (Å²) in [6.45, 7) is 1.61. The molecule has 0 unspecified atom stereocenters. The van der Waals surface area contributed by atoms with Crippen molar-refractivity contribution in [2.45, 2.75) is 6.92 Å². The van der Waals surface area contributed by atoms with Gasteiger partial charge in [0.2, 0.25) is 0 Å². The van der Waals surface area contributed by atoms with Crippen LogP contribution in [0.25, 0.3) is 0 Å². The summed E-state index contributed by atoms with van der Waals surface area (Å²) in [5, 5.41) is 0. The first-order valence-electron chi connectivity index (χ1n) is 1.66. The van der Waals surface area contributed by atoms with Crippen LogP contribution < -0.4 is 51.4 Å². The van der Waals surface area contributed by atoms with E-state index >= 15 is 0 Å². The Labute approximate surface area is 95.2 Å². The minimum atomic E-state index is -4.01. The van der Waals surface area contributed by atoms with E-state index in [0.717, 1.165) is 0 Å². The molecule has 0 saturated heterocycles. The summed E-state index contributed by atoms with van der Waals surface area (Å²) in [5.74, 6) is 0.325. The molecular weight excluding hydrogens is 175 g/mol. The normalized spacial score (nSPS) is 10.2. The number of rotatable bonds is 2. The standard InChI is InChI=1S/C2H6O3S2.K/c1-2-6-7(3,4)5;/h2H2,1H3,(H,3,4,5);/q;+1/p-1. The van der Waals surface area contributed by atoms with Gasteiger partial charge in [0.1, 0.15) is 9.15 Å². The third-order valence-electron chi connectivity index (χ3n) is 0.262. The summed E-state index contributed by atoms with van der Waals surface area (Å²) in [4.78, 5) is 0. The van der Waals surface area contributed by atoms with Gasteiger partial charge >= 0.3 is 51.4 Å². The number of hydrogen-bond acceptors (Lipinski definition) is 4. The molecule has 0 aromatic rings. The Hall–Kier alpha value is 1.90. The Morgan fingerprint density at radius 2 is 2.00 bits per heavy atom. The van der Waals surface area contributed by atoms with Crippen molar-refractivity contribution in [1.82, 2.24) is 0 Å². The van der Waals surface area contributed by atoms with Crippen LogP contribution in [0.3, 0.4) is 0 Å². The van der Waals surface area contributed by atoms with Gasteiger partial charge in [0.15, 0.2) is 0 Å². The van der Waals surface area contributed by atoms with Crippen molar-refractivity contribution in [2.24, 2.45) is 0 Å². The first-order chi connectivity index (χ1) is 3.06. The molecular formula is C2H5KO3S2. The molecule has 0 saturated carbocycles. The Morgan fingerprint density at radius 3 is 2.00 bits per heavy atom. The molecule has 0 atom stereocenters. The van der Waals surface area contributed by atoms with Crippen LogP contribution in [0.15, 0.2) is 0 Å². The third-order valence-corrected chi connectivity index (χ3v) is 2.36. The predicted molar refractivity (Wildman–Crippen MR) is 27.8 cm³/mol. The van der Waals surface area contributed by atoms with Crippen molar-refractivity contribution in [2.75, 3.05) is 5.75 Å². The monoisotopic (exact) mass is 180 g/mol. The van der Waals surface area contributed by atoms with Crippen molar-refractivity contribution >= 4 is 19.9 Å². The molecule has 0 aliphatic carbocycles. The average molecular weight is 180 g/mol. The Morgan fingerprint density at radius 1 is 1.62 bits per heavy atom. The molecule has 0 aromatic heterocycles. The molecule has 44 valence electrons. The van der Waals surface area contributed by atoms with E-state index in [4.69, 9.17) is 0 Å². The second kappa shape index (κ2) is 5.66. The van der Waals surface area contributed by atoms with Gasteiger partial charge in [0.05, 0.1) is 0 Å². The molecule has 6 heteroatoms. The Kier molecular flexibility index (Phi) is 8.89. The molecule has 0 aromatic carbocycles. The van der Waals surface area contributed by atoms with Gasteiger partial charge in [-0.1, -0.05) is 6.92 Å². The molecule has 3 nitrogen and oxygen atoms in total. The maximum absolute atomic E-state index is 9.64. The van der Waals surface area contributed by atoms with Crippen LogP contribution in [0.2, 0.25) is 0 Å². The zero-order chi connectivity index (χ0) is 5.91. The van der Waals surface area contributed by atoms with E-state index in [-0.39, 0.29) is 51.4 Å². The summed E-state index contributed by atoms with van der Waals surface area (Å²) >= 11 is 0. The van der Waals surface area contributed by atoms with Crippen LogP contribution in [0.5, 0.6) is 0 Å². The van der Waals surface area contributed by atoms with Crippen LogP contribution in [-0.4, -0.2) is 18.7 Å². The molecule has 0 aliphatic heterocycles. The van der Waals surface area contributed by atoms with Crippen LogP contribution in [0, 0.1) is 0 Å². The van der Waals surface area contributed by atoms with Crippen molar-refractivity contribution < 1.29 is 64.4 Å². The fraction of sp³-hybridized carbons (Fsp3) is 1.00. The van der Waals surface area contributed by atoms with Gasteiger partial charge in [-0.25, -0.2) is 8.42 Å². The summed E-state index contributed by atoms with van der Waals surface area (Å²) in [7, 11) is -3.60. The molecule has 0 rings (SSSR count). The van der Waals surface area contributed by atoms with Crippen molar-refractivity contribution in [3.8, 4) is 0 Å². The van der Waals surface area contributed by atoms with Gasteiger partial charge in [-0.05, 0) is 10.8 Å². The van der Waals surface area contributed by atoms with E-state index in [0.29, 0.717) is 16.5 Å². The van der Waals surface area contributed by atoms with E-state index in [1.807, 2.05) is 0 Å². The van der Waals surface area contributed by atoms with E-state index in [9.17, 15) is 13.0 Å². The van der Waals surface area contributed by atoms with E-state index in [1.54, 1.807) is 6.92 Å². The topological polar surface area (TPSA) is 57.2 Å². The molecule has 0 amide bonds. The maximum Gasteiger partial charge on any atom is 1.00 e. The molecule has 0 N–H and O–H groups in total. The van der Waals surface area contributed by atoms with Gasteiger partial charge in [-0.3, -0.25) is 0 Å². The van der Waals surface area contributed by atoms with Crippen molar-refractivity contribution in [3.05, 3.63) is 0 Å². The Balaban J connectivity index is 0. The van der Waals surface area contributed by atoms with Crippen molar-refractivity contribution in [1.29, 1.82) is 0 Å². The molecule has 0 radical (unpaired) electrons. The van der Waals surface area contributed by atoms with Gasteiger partial charge in [0, 0.05) is 5.75 Å². The van der Waals surface area contributed by atoms with Gasteiger partial charge in [0.25, 0.3) is 0 Å². The third kappa shape index (κ3) is 10.8. The summed E-state index contributed by atoms with van der Waals surface area (Å²) in [5.41, 5.74) is 0. The van der Waals surface area contributed by atoms with Gasteiger partial charge < -0.3 is 4.55 Å². The molecule has 0 bridgehead atoms. The molecule has 0 fully saturated rings. The first kappa shape index (κ1) is 12.6. The molecule has 0 spiro atoms. The smallest absolute Gasteiger partial charge is 0.739 e. The SMILES string of the molecule is CCSS(=O)(=O)[O-].[K+]. The quantitative estimate of drug-likeness (QED) is 0.262. The van der Waals surface area contributed by atoms with Crippen LogP contribution >= 0.6 is 10.8 Å². The Bertz CT molecular complexity index is 128. The number of hydrogen-bond donors (Lipinski definition) is 0. The molecule has 8 heavy (non-hydrogen) atoms. The fourth-order valence-electron chi connectivity index (χ4n) is 0.144. The van der Waals surface area contributed by atoms with E-state index in [1.165, 1.54) is 0 Å². The summed E-state index contributed by atoms with van der Waals surface area (Å²) in [6.07, 6.45) is 0. The minimum Gasteiger partial charge on any atom is -0.739 e. The van der Waals surface area contributed by atoms with Crippen LogP contribution in [0.1, 0.15) is 6.92 Å². The summed E-state index contributed by atoms with van der Waals surface area (Å²) < 4.78 is 28.9. The fourth-order valence-corrected chi connectivity index (χ4v) is 1.30. The van der Waals surface area contributed by atoms with Gasteiger partial charge in [-0.2, -0.15) is 0 Å². The first-order valence-corrected chi connectivity index (χ1v) is 4.57. The van der Waals surface area contributed by atoms with Crippen LogP contribution in [0.4, 0.5) is 0 Å². The molecule has 0 heterocycles. The minimum absolute atomic E-state index is 0. The van der Waals surface area contributed by atoms with Crippen molar-refractivity contribution in [3.63, 3.8) is 0 Å². The molecule has 0 aliphatic rings. The summed E-state index contributed by atoms with van der Waals surface area (Å²) in [6, 6.07) is 0.